The average molecular weight is 95.0 g/mol. The minimum Gasteiger partial charge on any atom is -0.0714 e. The smallest absolute Gasteiger partial charge is 0.0714 e. The third kappa shape index (κ3) is 1.22. The van der Waals surface area contributed by atoms with Crippen LogP contribution in [-0.2, 0) is 0 Å². The Morgan fingerprint density at radius 2 is 1.57 bits per heavy atom. The van der Waals surface area contributed by atoms with E-state index >= 15 is 0 Å². The molecule has 0 aromatic carbocycles. The second-order valence-electron chi connectivity index (χ2n) is 2.72. The van der Waals surface area contributed by atoms with E-state index in [0.29, 0.717) is 0 Å². The minimum absolute atomic E-state index is 0.898. The molecule has 0 saturated carbocycles. The fraction of sp³-hybridized carbons (Fsp3) is 1.00. The van der Waals surface area contributed by atoms with Crippen molar-refractivity contribution in [2.75, 3.05) is 0 Å². The zero-order valence-electron chi connectivity index (χ0n) is 5.15. The zero-order chi connectivity index (χ0) is 5.28. The highest BCUT2D eigenvalue weighted by atomic mass is 14.1. The molecule has 0 unspecified atom stereocenters. The maximum Gasteiger partial charge on any atom is 0.117 e. The lowest BCUT2D eigenvalue weighted by molar-refractivity contribution is 0.765. The lowest BCUT2D eigenvalue weighted by Gasteiger charge is -1.93. The Bertz CT molecular complexity index is 53.2. The van der Waals surface area contributed by atoms with E-state index in [9.17, 15) is 0 Å². The molecule has 1 rings (SSSR count). The van der Waals surface area contributed by atoms with Crippen molar-refractivity contribution in [2.24, 2.45) is 0 Å². The molecule has 1 fully saturated rings. The monoisotopic (exact) mass is 95.1 g/mol. The molecule has 0 aromatic rings. The molecule has 1 aliphatic heterocycles. The van der Waals surface area contributed by atoms with E-state index < -0.39 is 0 Å². The first-order chi connectivity index (χ1) is 3.29. The molecule has 0 nitrogen and oxygen atoms in total. The molecular weight excluding hydrogens is 82.9 g/mol. The maximum absolute atomic E-state index is 2.44. The number of hydrogen-bond donors (Lipinski definition) is 0. The molecule has 7 heavy (non-hydrogen) atoms. The molecule has 0 spiro atoms. The second kappa shape index (κ2) is 1.89. The van der Waals surface area contributed by atoms with Gasteiger partial charge in [0.2, 0.25) is 0 Å². The third-order valence-electron chi connectivity index (χ3n) is 1.73. The largest absolute Gasteiger partial charge is 0.117 e. The molecule has 0 bridgehead atoms. The Morgan fingerprint density at radius 3 is 1.71 bits per heavy atom. The van der Waals surface area contributed by atoms with Gasteiger partial charge in [0.25, 0.3) is 0 Å². The van der Waals surface area contributed by atoms with Gasteiger partial charge in [0.15, 0.2) is 0 Å². The summed E-state index contributed by atoms with van der Waals surface area (Å²) >= 11 is 0. The Morgan fingerprint density at radius 1 is 1.14 bits per heavy atom. The summed E-state index contributed by atoms with van der Waals surface area (Å²) in [7, 11) is 2.44. The lowest BCUT2D eigenvalue weighted by atomic mass is 9.62. The summed E-state index contributed by atoms with van der Waals surface area (Å²) in [5.74, 6) is 1.80. The third-order valence-corrected chi connectivity index (χ3v) is 1.73. The van der Waals surface area contributed by atoms with E-state index in [0.717, 1.165) is 11.6 Å². The van der Waals surface area contributed by atoms with Gasteiger partial charge in [-0.1, -0.05) is 38.3 Å². The van der Waals surface area contributed by atoms with Gasteiger partial charge in [-0.05, 0) is 0 Å². The fourth-order valence-corrected chi connectivity index (χ4v) is 1.28. The molecule has 0 amide bonds. The Hall–Kier alpha value is 0.0649. The highest BCUT2D eigenvalue weighted by Gasteiger charge is 2.17. The van der Waals surface area contributed by atoms with Crippen LogP contribution in [0, 0.1) is 0 Å². The van der Waals surface area contributed by atoms with Crippen LogP contribution in [0.25, 0.3) is 0 Å². The summed E-state index contributed by atoms with van der Waals surface area (Å²) in [5, 5.41) is 0. The summed E-state index contributed by atoms with van der Waals surface area (Å²) in [6.07, 6.45) is 2.84. The molecule has 0 aromatic heterocycles. The van der Waals surface area contributed by atoms with Gasteiger partial charge in [-0.2, -0.15) is 0 Å². The van der Waals surface area contributed by atoms with Gasteiger partial charge >= 0.3 is 0 Å². The van der Waals surface area contributed by atoms with Gasteiger partial charge in [-0.25, -0.2) is 0 Å². The van der Waals surface area contributed by atoms with E-state index in [1.54, 1.807) is 0 Å². The quantitative estimate of drug-likeness (QED) is 0.404. The average Bonchev–Trinajstić information content (AvgIpc) is 1.87. The van der Waals surface area contributed by atoms with Crippen LogP contribution in [0.1, 0.15) is 26.7 Å². The second-order valence-corrected chi connectivity index (χ2v) is 2.72. The Balaban J connectivity index is 2.26. The summed E-state index contributed by atoms with van der Waals surface area (Å²) in [4.78, 5) is 0. The van der Waals surface area contributed by atoms with Crippen LogP contribution in [0.2, 0.25) is 11.6 Å². The van der Waals surface area contributed by atoms with Gasteiger partial charge in [-0.3, -0.25) is 0 Å². The number of rotatable bonds is 0. The highest BCUT2D eigenvalue weighted by Crippen LogP contribution is 2.30. The first-order valence-corrected chi connectivity index (χ1v) is 3.14. The molecule has 1 aliphatic rings. The minimum atomic E-state index is 0.898. The Kier molecular flexibility index (Phi) is 1.41. The van der Waals surface area contributed by atoms with Gasteiger partial charge < -0.3 is 0 Å². The SMILES string of the molecule is C[C@@H]1[B][C@H](C)CC1. The van der Waals surface area contributed by atoms with Gasteiger partial charge in [0, 0.05) is 0 Å². The van der Waals surface area contributed by atoms with Crippen molar-refractivity contribution in [2.45, 2.75) is 38.3 Å². The predicted molar refractivity (Wildman–Crippen MR) is 33.8 cm³/mol. The van der Waals surface area contributed by atoms with E-state index in [1.165, 1.54) is 12.8 Å². The van der Waals surface area contributed by atoms with Crippen molar-refractivity contribution in [1.82, 2.24) is 0 Å². The van der Waals surface area contributed by atoms with Crippen molar-refractivity contribution < 1.29 is 0 Å². The topological polar surface area (TPSA) is 0 Å². The van der Waals surface area contributed by atoms with Crippen LogP contribution in [0.5, 0.6) is 0 Å². The molecule has 2 atom stereocenters. The molecule has 1 heterocycles. The van der Waals surface area contributed by atoms with Crippen molar-refractivity contribution >= 4 is 7.28 Å². The van der Waals surface area contributed by atoms with Crippen molar-refractivity contribution in [1.29, 1.82) is 0 Å². The molecular formula is C6H12B. The summed E-state index contributed by atoms with van der Waals surface area (Å²) in [6, 6.07) is 0. The number of hydrogen-bond acceptors (Lipinski definition) is 0. The van der Waals surface area contributed by atoms with Gasteiger partial charge in [-0.15, -0.1) is 0 Å². The van der Waals surface area contributed by atoms with Crippen molar-refractivity contribution in [3.05, 3.63) is 0 Å². The normalized spacial score (nSPS) is 40.9. The van der Waals surface area contributed by atoms with E-state index in [-0.39, 0.29) is 0 Å². The van der Waals surface area contributed by atoms with E-state index in [4.69, 9.17) is 0 Å². The highest BCUT2D eigenvalue weighted by molar-refractivity contribution is 6.40. The molecule has 39 valence electrons. The van der Waals surface area contributed by atoms with Crippen LogP contribution < -0.4 is 0 Å². The maximum atomic E-state index is 2.44. The van der Waals surface area contributed by atoms with Gasteiger partial charge in [0.05, 0.1) is 0 Å². The van der Waals surface area contributed by atoms with Crippen LogP contribution >= 0.6 is 0 Å². The summed E-state index contributed by atoms with van der Waals surface area (Å²) in [5.41, 5.74) is 0. The molecule has 1 radical (unpaired) electrons. The molecule has 0 aliphatic carbocycles. The molecule has 1 heteroatoms. The zero-order valence-corrected chi connectivity index (χ0v) is 5.15. The van der Waals surface area contributed by atoms with Crippen LogP contribution in [0.3, 0.4) is 0 Å². The van der Waals surface area contributed by atoms with E-state index in [2.05, 4.69) is 21.1 Å². The van der Waals surface area contributed by atoms with Crippen LogP contribution in [0.15, 0.2) is 0 Å². The first-order valence-electron chi connectivity index (χ1n) is 3.14. The van der Waals surface area contributed by atoms with Crippen LogP contribution in [0.4, 0.5) is 0 Å². The van der Waals surface area contributed by atoms with Crippen molar-refractivity contribution in [3.63, 3.8) is 0 Å². The van der Waals surface area contributed by atoms with Crippen molar-refractivity contribution in [3.8, 4) is 0 Å². The molecule has 0 N–H and O–H groups in total. The summed E-state index contributed by atoms with van der Waals surface area (Å²) < 4.78 is 0. The predicted octanol–water partition coefficient (Wildman–Crippen LogP) is 2.10. The lowest BCUT2D eigenvalue weighted by Crippen LogP contribution is -1.91. The summed E-state index contributed by atoms with van der Waals surface area (Å²) in [6.45, 7) is 4.59. The van der Waals surface area contributed by atoms with Gasteiger partial charge in [0.1, 0.15) is 7.28 Å². The standard InChI is InChI=1S/C6H12B/c1-5-3-4-6(2)7-5/h5-6H,3-4H2,1-2H3/t5-,6+. The fourth-order valence-electron chi connectivity index (χ4n) is 1.28. The molecule has 1 saturated heterocycles. The van der Waals surface area contributed by atoms with E-state index in [1.807, 2.05) is 0 Å². The first kappa shape index (κ1) is 5.21. The van der Waals surface area contributed by atoms with Crippen LogP contribution in [-0.4, -0.2) is 7.28 Å². The Labute approximate surface area is 46.5 Å².